The summed E-state index contributed by atoms with van der Waals surface area (Å²) in [6, 6.07) is 11.9. The minimum absolute atomic E-state index is 0.0670. The summed E-state index contributed by atoms with van der Waals surface area (Å²) in [6.07, 6.45) is 1.28. The fourth-order valence-corrected chi connectivity index (χ4v) is 2.51. The van der Waals surface area contributed by atoms with E-state index in [1.165, 1.54) is 18.4 Å². The molecule has 3 N–H and O–H groups in total. The largest absolute Gasteiger partial charge is 0.363 e. The standard InChI is InChI=1S/C16H11N5O4/c22-12-8-10(9-4-2-1-3-5-9)17-14-13(16(24)19-21(12)14)15(23)18-11-6-7-25-20-11/h1-8,17H,(H,19,24)(H,18,20,23). The summed E-state index contributed by atoms with van der Waals surface area (Å²) in [5.41, 5.74) is -0.0846. The zero-order chi connectivity index (χ0) is 17.4. The van der Waals surface area contributed by atoms with E-state index in [0.717, 1.165) is 10.1 Å². The SMILES string of the molecule is O=C(Nc1ccon1)c1c(=O)[nH]n2c(=O)cc(-c3ccccc3)[nH]c12. The van der Waals surface area contributed by atoms with Crippen LogP contribution in [0.25, 0.3) is 16.9 Å². The van der Waals surface area contributed by atoms with Gasteiger partial charge in [-0.3, -0.25) is 19.5 Å². The smallest absolute Gasteiger partial charge is 0.279 e. The number of fused-ring (bicyclic) bond motifs is 1. The molecule has 9 heteroatoms. The van der Waals surface area contributed by atoms with Crippen molar-refractivity contribution in [1.29, 1.82) is 0 Å². The molecule has 4 rings (SSSR count). The van der Waals surface area contributed by atoms with E-state index in [-0.39, 0.29) is 17.0 Å². The molecule has 3 aromatic heterocycles. The highest BCUT2D eigenvalue weighted by molar-refractivity contribution is 6.07. The van der Waals surface area contributed by atoms with E-state index in [2.05, 4.69) is 25.1 Å². The van der Waals surface area contributed by atoms with Gasteiger partial charge in [0, 0.05) is 12.1 Å². The first kappa shape index (κ1) is 14.7. The minimum atomic E-state index is -0.710. The molecular formula is C16H11N5O4. The Bertz CT molecular complexity index is 1170. The van der Waals surface area contributed by atoms with Gasteiger partial charge in [-0.15, -0.1) is 0 Å². The number of nitrogens with zero attached hydrogens (tertiary/aromatic N) is 2. The van der Waals surface area contributed by atoms with Gasteiger partial charge < -0.3 is 14.8 Å². The van der Waals surface area contributed by atoms with E-state index in [1.54, 1.807) is 0 Å². The summed E-state index contributed by atoms with van der Waals surface area (Å²) in [6.45, 7) is 0. The lowest BCUT2D eigenvalue weighted by atomic mass is 10.1. The van der Waals surface area contributed by atoms with Crippen LogP contribution < -0.4 is 16.4 Å². The number of rotatable bonds is 3. The van der Waals surface area contributed by atoms with Crippen LogP contribution in [0, 0.1) is 0 Å². The third-order valence-corrected chi connectivity index (χ3v) is 3.63. The average Bonchev–Trinajstić information content (AvgIpc) is 3.22. The van der Waals surface area contributed by atoms with Crippen molar-refractivity contribution in [1.82, 2.24) is 19.8 Å². The predicted octanol–water partition coefficient (Wildman–Crippen LogP) is 1.22. The summed E-state index contributed by atoms with van der Waals surface area (Å²) in [5, 5.41) is 8.34. The molecule has 0 saturated heterocycles. The van der Waals surface area contributed by atoms with Crippen LogP contribution >= 0.6 is 0 Å². The summed E-state index contributed by atoms with van der Waals surface area (Å²) >= 11 is 0. The molecule has 1 amide bonds. The Hall–Kier alpha value is -3.88. The Morgan fingerprint density at radius 2 is 1.96 bits per heavy atom. The molecule has 25 heavy (non-hydrogen) atoms. The van der Waals surface area contributed by atoms with Crippen LogP contribution in [-0.4, -0.2) is 25.7 Å². The summed E-state index contributed by atoms with van der Waals surface area (Å²) in [5.74, 6) is -0.552. The van der Waals surface area contributed by atoms with Crippen molar-refractivity contribution in [3.63, 3.8) is 0 Å². The molecule has 0 atom stereocenters. The van der Waals surface area contributed by atoms with Crippen molar-refractivity contribution < 1.29 is 9.32 Å². The molecule has 0 radical (unpaired) electrons. The molecule has 3 heterocycles. The van der Waals surface area contributed by atoms with Crippen molar-refractivity contribution >= 4 is 17.4 Å². The monoisotopic (exact) mass is 337 g/mol. The minimum Gasteiger partial charge on any atom is -0.363 e. The van der Waals surface area contributed by atoms with Crippen LogP contribution in [0.1, 0.15) is 10.4 Å². The Morgan fingerprint density at radius 3 is 2.68 bits per heavy atom. The summed E-state index contributed by atoms with van der Waals surface area (Å²) < 4.78 is 5.63. The van der Waals surface area contributed by atoms with Gasteiger partial charge in [0.1, 0.15) is 11.8 Å². The number of carbonyl (C=O) groups excluding carboxylic acids is 1. The molecule has 0 fully saturated rings. The number of benzene rings is 1. The molecule has 0 aliphatic rings. The number of hydrogen-bond donors (Lipinski definition) is 3. The Labute approximate surface area is 138 Å². The van der Waals surface area contributed by atoms with Gasteiger partial charge in [0.05, 0.1) is 5.69 Å². The second kappa shape index (κ2) is 5.64. The van der Waals surface area contributed by atoms with Gasteiger partial charge in [0.25, 0.3) is 17.0 Å². The lowest BCUT2D eigenvalue weighted by molar-refractivity contribution is 0.102. The quantitative estimate of drug-likeness (QED) is 0.518. The van der Waals surface area contributed by atoms with E-state index in [9.17, 15) is 14.4 Å². The van der Waals surface area contributed by atoms with Crippen LogP contribution in [0.15, 0.2) is 62.8 Å². The molecule has 4 aromatic rings. The van der Waals surface area contributed by atoms with Crippen molar-refractivity contribution in [3.05, 3.63) is 75.0 Å². The molecule has 0 unspecified atom stereocenters. The van der Waals surface area contributed by atoms with Gasteiger partial charge >= 0.3 is 0 Å². The van der Waals surface area contributed by atoms with Crippen LogP contribution in [0.3, 0.4) is 0 Å². The highest BCUT2D eigenvalue weighted by Crippen LogP contribution is 2.16. The van der Waals surface area contributed by atoms with Crippen molar-refractivity contribution in [2.75, 3.05) is 5.32 Å². The number of nitrogens with one attached hydrogen (secondary N) is 3. The maximum Gasteiger partial charge on any atom is 0.279 e. The van der Waals surface area contributed by atoms with Crippen LogP contribution in [0.4, 0.5) is 5.82 Å². The summed E-state index contributed by atoms with van der Waals surface area (Å²) in [7, 11) is 0. The normalized spacial score (nSPS) is 10.9. The first-order valence-electron chi connectivity index (χ1n) is 7.29. The van der Waals surface area contributed by atoms with Crippen molar-refractivity contribution in [2.45, 2.75) is 0 Å². The summed E-state index contributed by atoms with van der Waals surface area (Å²) in [4.78, 5) is 39.8. The Kier molecular flexibility index (Phi) is 3.31. The molecular weight excluding hydrogens is 326 g/mol. The van der Waals surface area contributed by atoms with Crippen molar-refractivity contribution in [3.8, 4) is 11.3 Å². The van der Waals surface area contributed by atoms with Crippen LogP contribution in [-0.2, 0) is 0 Å². The molecule has 0 saturated carbocycles. The highest BCUT2D eigenvalue weighted by Gasteiger charge is 2.20. The van der Waals surface area contributed by atoms with E-state index in [4.69, 9.17) is 0 Å². The van der Waals surface area contributed by atoms with Gasteiger partial charge in [-0.05, 0) is 5.56 Å². The van der Waals surface area contributed by atoms with Crippen molar-refractivity contribution in [2.24, 2.45) is 0 Å². The molecule has 0 aliphatic heterocycles. The number of H-pyrrole nitrogens is 2. The molecule has 9 nitrogen and oxygen atoms in total. The maximum absolute atomic E-state index is 12.4. The van der Waals surface area contributed by atoms with Gasteiger partial charge in [-0.1, -0.05) is 35.5 Å². The van der Waals surface area contributed by atoms with Gasteiger partial charge in [-0.25, -0.2) is 0 Å². The number of hydrogen-bond acceptors (Lipinski definition) is 5. The van der Waals surface area contributed by atoms with E-state index < -0.39 is 17.0 Å². The highest BCUT2D eigenvalue weighted by atomic mass is 16.5. The van der Waals surface area contributed by atoms with Crippen LogP contribution in [0.5, 0.6) is 0 Å². The molecule has 1 aromatic carbocycles. The van der Waals surface area contributed by atoms with Gasteiger partial charge in [0.2, 0.25) is 0 Å². The zero-order valence-corrected chi connectivity index (χ0v) is 12.6. The molecule has 0 spiro atoms. The second-order valence-corrected chi connectivity index (χ2v) is 5.23. The number of amides is 1. The lowest BCUT2D eigenvalue weighted by Crippen LogP contribution is -2.20. The van der Waals surface area contributed by atoms with E-state index in [0.29, 0.717) is 5.69 Å². The molecule has 0 aliphatic carbocycles. The fourth-order valence-electron chi connectivity index (χ4n) is 2.51. The number of aromatic nitrogens is 4. The molecule has 0 bridgehead atoms. The first-order valence-corrected chi connectivity index (χ1v) is 7.29. The lowest BCUT2D eigenvalue weighted by Gasteiger charge is -2.04. The van der Waals surface area contributed by atoms with E-state index >= 15 is 0 Å². The maximum atomic E-state index is 12.4. The van der Waals surface area contributed by atoms with Gasteiger partial charge in [0.15, 0.2) is 11.5 Å². The van der Waals surface area contributed by atoms with Gasteiger partial charge in [-0.2, -0.15) is 4.52 Å². The fraction of sp³-hybridized carbons (Fsp3) is 0. The molecule has 124 valence electrons. The van der Waals surface area contributed by atoms with E-state index in [1.807, 2.05) is 30.3 Å². The third-order valence-electron chi connectivity index (χ3n) is 3.63. The van der Waals surface area contributed by atoms with Crippen LogP contribution in [0.2, 0.25) is 0 Å². The second-order valence-electron chi connectivity index (χ2n) is 5.23. The predicted molar refractivity (Wildman–Crippen MR) is 88.5 cm³/mol. The Balaban J connectivity index is 1.88. The average molecular weight is 337 g/mol. The number of aromatic amines is 2. The third kappa shape index (κ3) is 2.53. The first-order chi connectivity index (χ1) is 12.1. The topological polar surface area (TPSA) is 125 Å². The number of anilines is 1. The zero-order valence-electron chi connectivity index (χ0n) is 12.6. The number of carbonyl (C=O) groups is 1. The Morgan fingerprint density at radius 1 is 1.16 bits per heavy atom.